The van der Waals surface area contributed by atoms with Gasteiger partial charge in [0.25, 0.3) is 0 Å². The topological polar surface area (TPSA) is 117 Å². The molecule has 1 amide bonds. The van der Waals surface area contributed by atoms with Gasteiger partial charge in [-0.25, -0.2) is 22.2 Å². The van der Waals surface area contributed by atoms with E-state index in [2.05, 4.69) is 4.90 Å². The molecule has 2 N–H and O–H groups in total. The molecule has 3 aromatic rings. The summed E-state index contributed by atoms with van der Waals surface area (Å²) < 4.78 is 27.8. The van der Waals surface area contributed by atoms with E-state index in [1.165, 1.54) is 10.6 Å². The Balaban J connectivity index is 0.00000336. The number of hydrogen-bond donors (Lipinski definition) is 1. The predicted octanol–water partition coefficient (Wildman–Crippen LogP) is 2.12. The summed E-state index contributed by atoms with van der Waals surface area (Å²) in [6, 6.07) is 11.2. The lowest BCUT2D eigenvalue weighted by Gasteiger charge is -2.35. The molecule has 0 saturated carbocycles. The van der Waals surface area contributed by atoms with E-state index in [4.69, 9.17) is 15.8 Å². The molecular weight excluding hydrogens is 526 g/mol. The molecule has 2 saturated heterocycles. The van der Waals surface area contributed by atoms with Gasteiger partial charge in [0.1, 0.15) is 5.82 Å². The molecule has 0 aliphatic carbocycles. The van der Waals surface area contributed by atoms with Crippen LogP contribution in [0.25, 0.3) is 5.65 Å². The molecule has 5 rings (SSSR count). The minimum atomic E-state index is -3.42. The number of aromatic nitrogens is 3. The first-order valence-corrected chi connectivity index (χ1v) is 14.5. The van der Waals surface area contributed by atoms with E-state index in [-0.39, 0.29) is 36.9 Å². The Hall–Kier alpha value is -2.73. The van der Waals surface area contributed by atoms with Crippen molar-refractivity contribution in [3.05, 3.63) is 59.4 Å². The van der Waals surface area contributed by atoms with Gasteiger partial charge in [-0.1, -0.05) is 30.3 Å². The standard InChI is InChI=1S/C26H35N7O3S.ClH/c1-18-15-33-23(28-24(18)31-12-10-21(27)16-31)14-22(29-33)19(2)30(3)25(34)26(20-8-6-5-7-9-20)11-13-32(17-26)37(4,35)36;/h5-9,14-15,19,21H,10-13,16-17,27H2,1-4H3;1H/t19-,21-,26?;/m0./s1. The number of carbonyl (C=O) groups excluding carboxylic acids is 1. The van der Waals surface area contributed by atoms with E-state index in [0.717, 1.165) is 42.1 Å². The number of fused-ring (bicyclic) bond motifs is 1. The van der Waals surface area contributed by atoms with Gasteiger partial charge in [-0.3, -0.25) is 4.79 Å². The summed E-state index contributed by atoms with van der Waals surface area (Å²) in [5, 5.41) is 4.75. The number of nitrogens with zero attached hydrogens (tertiary/aromatic N) is 6. The van der Waals surface area contributed by atoms with Crippen LogP contribution in [0.3, 0.4) is 0 Å². The quantitative estimate of drug-likeness (QED) is 0.490. The van der Waals surface area contributed by atoms with Crippen molar-refractivity contribution in [1.29, 1.82) is 0 Å². The van der Waals surface area contributed by atoms with Crippen molar-refractivity contribution < 1.29 is 13.2 Å². The molecular formula is C26H36ClN7O3S. The Labute approximate surface area is 230 Å². The van der Waals surface area contributed by atoms with Crippen LogP contribution in [0, 0.1) is 6.92 Å². The number of likely N-dealkylation sites (N-methyl/N-ethyl adjacent to an activating group) is 1. The average Bonchev–Trinajstić information content (AvgIpc) is 3.61. The second-order valence-corrected chi connectivity index (χ2v) is 12.5. The zero-order valence-electron chi connectivity index (χ0n) is 22.2. The minimum absolute atomic E-state index is 0. The van der Waals surface area contributed by atoms with Crippen LogP contribution in [0.15, 0.2) is 42.6 Å². The van der Waals surface area contributed by atoms with Gasteiger partial charge in [-0.15, -0.1) is 12.4 Å². The highest BCUT2D eigenvalue weighted by Crippen LogP contribution is 2.39. The van der Waals surface area contributed by atoms with Gasteiger partial charge < -0.3 is 15.5 Å². The second-order valence-electron chi connectivity index (χ2n) is 10.5. The first-order chi connectivity index (χ1) is 17.5. The Morgan fingerprint density at radius 1 is 1.24 bits per heavy atom. The molecule has 0 bridgehead atoms. The first kappa shape index (κ1) is 28.3. The van der Waals surface area contributed by atoms with Gasteiger partial charge in [-0.2, -0.15) is 5.10 Å². The number of sulfonamides is 1. The lowest BCUT2D eigenvalue weighted by molar-refractivity contribution is -0.137. The SMILES string of the molecule is Cc1cn2nc([C@H](C)N(C)C(=O)C3(c4ccccc4)CCN(S(C)(=O)=O)C3)cc2nc1N1CC[C@H](N)C1.Cl. The maximum atomic E-state index is 14.1. The summed E-state index contributed by atoms with van der Waals surface area (Å²) in [5.41, 5.74) is 8.43. The molecule has 4 heterocycles. The van der Waals surface area contributed by atoms with Crippen LogP contribution in [-0.4, -0.2) is 83.7 Å². The van der Waals surface area contributed by atoms with Crippen LogP contribution in [0.5, 0.6) is 0 Å². The summed E-state index contributed by atoms with van der Waals surface area (Å²) >= 11 is 0. The van der Waals surface area contributed by atoms with Crippen molar-refractivity contribution >= 4 is 39.8 Å². The van der Waals surface area contributed by atoms with Crippen LogP contribution in [0.2, 0.25) is 0 Å². The monoisotopic (exact) mass is 561 g/mol. The number of aryl methyl sites for hydroxylation is 1. The first-order valence-electron chi connectivity index (χ1n) is 12.6. The highest BCUT2D eigenvalue weighted by atomic mass is 35.5. The molecule has 38 heavy (non-hydrogen) atoms. The zero-order chi connectivity index (χ0) is 26.5. The highest BCUT2D eigenvalue weighted by molar-refractivity contribution is 7.88. The van der Waals surface area contributed by atoms with Crippen LogP contribution in [-0.2, 0) is 20.2 Å². The van der Waals surface area contributed by atoms with E-state index in [1.807, 2.05) is 56.4 Å². The van der Waals surface area contributed by atoms with Gasteiger partial charge in [0.2, 0.25) is 15.9 Å². The Bertz CT molecular complexity index is 1430. The van der Waals surface area contributed by atoms with Crippen molar-refractivity contribution in [2.75, 3.05) is 44.4 Å². The molecule has 10 nitrogen and oxygen atoms in total. The Morgan fingerprint density at radius 2 is 1.95 bits per heavy atom. The van der Waals surface area contributed by atoms with Crippen LogP contribution in [0.4, 0.5) is 5.82 Å². The van der Waals surface area contributed by atoms with E-state index in [9.17, 15) is 13.2 Å². The van der Waals surface area contributed by atoms with Crippen LogP contribution >= 0.6 is 12.4 Å². The lowest BCUT2D eigenvalue weighted by atomic mass is 9.78. The molecule has 206 valence electrons. The fourth-order valence-electron chi connectivity index (χ4n) is 5.58. The minimum Gasteiger partial charge on any atom is -0.355 e. The highest BCUT2D eigenvalue weighted by Gasteiger charge is 2.50. The molecule has 3 atom stereocenters. The van der Waals surface area contributed by atoms with E-state index < -0.39 is 15.4 Å². The van der Waals surface area contributed by atoms with Crippen molar-refractivity contribution in [3.8, 4) is 0 Å². The van der Waals surface area contributed by atoms with E-state index in [1.54, 1.807) is 16.5 Å². The number of hydrogen-bond acceptors (Lipinski definition) is 7. The molecule has 1 aromatic carbocycles. The number of amides is 1. The van der Waals surface area contributed by atoms with Crippen molar-refractivity contribution in [2.45, 2.75) is 44.2 Å². The molecule has 0 spiro atoms. The molecule has 2 aromatic heterocycles. The predicted molar refractivity (Wildman–Crippen MR) is 150 cm³/mol. The third-order valence-electron chi connectivity index (χ3n) is 7.92. The Morgan fingerprint density at radius 3 is 2.55 bits per heavy atom. The van der Waals surface area contributed by atoms with Crippen molar-refractivity contribution in [2.24, 2.45) is 5.73 Å². The maximum absolute atomic E-state index is 14.1. The summed E-state index contributed by atoms with van der Waals surface area (Å²) in [7, 11) is -1.66. The number of anilines is 1. The number of rotatable bonds is 6. The van der Waals surface area contributed by atoms with Gasteiger partial charge in [0.05, 0.1) is 23.4 Å². The van der Waals surface area contributed by atoms with Crippen LogP contribution in [0.1, 0.15) is 42.6 Å². The molecule has 12 heteroatoms. The fourth-order valence-corrected chi connectivity index (χ4v) is 6.46. The van der Waals surface area contributed by atoms with Gasteiger partial charge in [0, 0.05) is 57.1 Å². The largest absolute Gasteiger partial charge is 0.355 e. The molecule has 0 radical (unpaired) electrons. The third kappa shape index (κ3) is 5.00. The summed E-state index contributed by atoms with van der Waals surface area (Å²) in [6.45, 7) is 6.05. The smallest absolute Gasteiger partial charge is 0.234 e. The number of halogens is 1. The van der Waals surface area contributed by atoms with E-state index in [0.29, 0.717) is 18.6 Å². The maximum Gasteiger partial charge on any atom is 0.234 e. The van der Waals surface area contributed by atoms with Crippen LogP contribution < -0.4 is 10.6 Å². The molecule has 1 unspecified atom stereocenters. The Kier molecular flexibility index (Phi) is 7.77. The summed E-state index contributed by atoms with van der Waals surface area (Å²) in [6.07, 6.45) is 4.53. The lowest BCUT2D eigenvalue weighted by Crippen LogP contribution is -2.48. The average molecular weight is 562 g/mol. The summed E-state index contributed by atoms with van der Waals surface area (Å²) in [5.74, 6) is 0.795. The van der Waals surface area contributed by atoms with Gasteiger partial charge >= 0.3 is 0 Å². The number of benzene rings is 1. The van der Waals surface area contributed by atoms with Gasteiger partial charge in [0.15, 0.2) is 5.65 Å². The van der Waals surface area contributed by atoms with Crippen molar-refractivity contribution in [3.63, 3.8) is 0 Å². The van der Waals surface area contributed by atoms with Crippen molar-refractivity contribution in [1.82, 2.24) is 23.8 Å². The second kappa shape index (κ2) is 10.4. The van der Waals surface area contributed by atoms with E-state index >= 15 is 0 Å². The molecule has 2 fully saturated rings. The number of nitrogens with two attached hydrogens (primary N) is 1. The van der Waals surface area contributed by atoms with Gasteiger partial charge in [-0.05, 0) is 32.3 Å². The fraction of sp³-hybridized carbons (Fsp3) is 0.500. The zero-order valence-corrected chi connectivity index (χ0v) is 23.9. The molecule has 2 aliphatic rings. The summed E-state index contributed by atoms with van der Waals surface area (Å²) in [4.78, 5) is 22.9. The molecule has 2 aliphatic heterocycles. The third-order valence-corrected chi connectivity index (χ3v) is 9.17. The number of carbonyl (C=O) groups is 1. The normalized spacial score (nSPS) is 23.0.